The Hall–Kier alpha value is -0.930. The van der Waals surface area contributed by atoms with E-state index in [2.05, 4.69) is 4.98 Å². The fraction of sp³-hybridized carbons (Fsp3) is 0.250. The number of nitrogens with two attached hydrogens (primary N) is 1. The Balaban J connectivity index is 3.02. The Kier molecular flexibility index (Phi) is 2.78. The van der Waals surface area contributed by atoms with Gasteiger partial charge in [-0.2, -0.15) is 0 Å². The van der Waals surface area contributed by atoms with Crippen LogP contribution in [-0.4, -0.2) is 10.8 Å². The molecule has 0 saturated heterocycles. The summed E-state index contributed by atoms with van der Waals surface area (Å²) in [6, 6.07) is 0.950. The first-order valence-corrected chi connectivity index (χ1v) is 3.86. The molecule has 3 nitrogen and oxygen atoms in total. The smallest absolute Gasteiger partial charge is 0.151 e. The van der Waals surface area contributed by atoms with Crippen molar-refractivity contribution in [2.45, 2.75) is 13.0 Å². The van der Waals surface area contributed by atoms with Crippen LogP contribution in [0.1, 0.15) is 18.5 Å². The van der Waals surface area contributed by atoms with E-state index in [0.717, 1.165) is 0 Å². The average Bonchev–Trinajstić information content (AvgIpc) is 2.04. The van der Waals surface area contributed by atoms with Gasteiger partial charge in [0, 0.05) is 23.0 Å². The van der Waals surface area contributed by atoms with Gasteiger partial charge >= 0.3 is 0 Å². The van der Waals surface area contributed by atoms with Crippen LogP contribution in [0.4, 0.5) is 0 Å². The molecule has 1 unspecified atom stereocenters. The van der Waals surface area contributed by atoms with Gasteiger partial charge in [-0.05, 0) is 13.0 Å². The van der Waals surface area contributed by atoms with Crippen LogP contribution in [0.25, 0.3) is 0 Å². The Labute approximate surface area is 75.6 Å². The number of ketones is 1. The van der Waals surface area contributed by atoms with Crippen molar-refractivity contribution < 1.29 is 4.79 Å². The number of pyridine rings is 1. The molecule has 0 fully saturated rings. The van der Waals surface area contributed by atoms with Crippen molar-refractivity contribution in [1.82, 2.24) is 4.98 Å². The standard InChI is InChI=1S/C8H9ClN2O/c1-5(12)8(10)6-4-11-3-2-7(6)9/h2-4,8H,10H2,1H3. The van der Waals surface area contributed by atoms with E-state index in [4.69, 9.17) is 17.3 Å². The van der Waals surface area contributed by atoms with Crippen molar-refractivity contribution in [3.05, 3.63) is 29.0 Å². The lowest BCUT2D eigenvalue weighted by molar-refractivity contribution is -0.118. The molecule has 4 heteroatoms. The van der Waals surface area contributed by atoms with Crippen LogP contribution >= 0.6 is 11.6 Å². The van der Waals surface area contributed by atoms with Crippen LogP contribution in [0.2, 0.25) is 5.02 Å². The van der Waals surface area contributed by atoms with Crippen LogP contribution in [-0.2, 0) is 4.79 Å². The third-order valence-corrected chi connectivity index (χ3v) is 1.91. The number of Topliss-reactive ketones (excluding diaryl/α,β-unsaturated/α-hetero) is 1. The van der Waals surface area contributed by atoms with E-state index in [9.17, 15) is 4.79 Å². The fourth-order valence-electron chi connectivity index (χ4n) is 0.838. The summed E-state index contributed by atoms with van der Waals surface area (Å²) in [6.45, 7) is 1.42. The summed E-state index contributed by atoms with van der Waals surface area (Å²) >= 11 is 5.79. The second-order valence-corrected chi connectivity index (χ2v) is 2.89. The highest BCUT2D eigenvalue weighted by Crippen LogP contribution is 2.19. The number of carbonyl (C=O) groups is 1. The first kappa shape index (κ1) is 9.16. The van der Waals surface area contributed by atoms with Gasteiger partial charge in [0.2, 0.25) is 0 Å². The molecule has 0 saturated carbocycles. The first-order valence-electron chi connectivity index (χ1n) is 3.48. The van der Waals surface area contributed by atoms with Crippen molar-refractivity contribution >= 4 is 17.4 Å². The third kappa shape index (κ3) is 1.81. The van der Waals surface area contributed by atoms with Crippen LogP contribution in [0.5, 0.6) is 0 Å². The topological polar surface area (TPSA) is 56.0 Å². The number of nitrogens with zero attached hydrogens (tertiary/aromatic N) is 1. The zero-order valence-electron chi connectivity index (χ0n) is 6.62. The number of hydrogen-bond donors (Lipinski definition) is 1. The molecule has 2 N–H and O–H groups in total. The van der Waals surface area contributed by atoms with E-state index in [1.165, 1.54) is 13.1 Å². The molecule has 0 aliphatic carbocycles. The molecule has 0 radical (unpaired) electrons. The van der Waals surface area contributed by atoms with Gasteiger partial charge in [0.15, 0.2) is 5.78 Å². The number of carbonyl (C=O) groups excluding carboxylic acids is 1. The van der Waals surface area contributed by atoms with E-state index in [-0.39, 0.29) is 5.78 Å². The molecule has 1 atom stereocenters. The van der Waals surface area contributed by atoms with Crippen molar-refractivity contribution in [2.24, 2.45) is 5.73 Å². The lowest BCUT2D eigenvalue weighted by Crippen LogP contribution is -2.19. The highest BCUT2D eigenvalue weighted by atomic mass is 35.5. The Bertz CT molecular complexity index is 301. The second kappa shape index (κ2) is 3.65. The van der Waals surface area contributed by atoms with E-state index in [1.807, 2.05) is 0 Å². The van der Waals surface area contributed by atoms with Crippen LogP contribution in [0.15, 0.2) is 18.5 Å². The molecule has 12 heavy (non-hydrogen) atoms. The van der Waals surface area contributed by atoms with Gasteiger partial charge in [-0.15, -0.1) is 0 Å². The van der Waals surface area contributed by atoms with Gasteiger partial charge in [-0.3, -0.25) is 9.78 Å². The summed E-state index contributed by atoms with van der Waals surface area (Å²) < 4.78 is 0. The zero-order valence-corrected chi connectivity index (χ0v) is 7.38. The summed E-state index contributed by atoms with van der Waals surface area (Å²) in [5.74, 6) is -0.120. The maximum atomic E-state index is 10.9. The summed E-state index contributed by atoms with van der Waals surface area (Å²) in [4.78, 5) is 14.7. The monoisotopic (exact) mass is 184 g/mol. The van der Waals surface area contributed by atoms with Gasteiger partial charge in [-0.1, -0.05) is 11.6 Å². The molecule has 0 amide bonds. The molecule has 0 spiro atoms. The minimum absolute atomic E-state index is 0.120. The van der Waals surface area contributed by atoms with Crippen LogP contribution < -0.4 is 5.73 Å². The molecular weight excluding hydrogens is 176 g/mol. The van der Waals surface area contributed by atoms with Gasteiger partial charge in [0.1, 0.15) is 0 Å². The number of halogens is 1. The third-order valence-electron chi connectivity index (χ3n) is 1.57. The second-order valence-electron chi connectivity index (χ2n) is 2.49. The van der Waals surface area contributed by atoms with Crippen LogP contribution in [0.3, 0.4) is 0 Å². The lowest BCUT2D eigenvalue weighted by Gasteiger charge is -2.08. The average molecular weight is 185 g/mol. The molecule has 1 heterocycles. The van der Waals surface area contributed by atoms with Gasteiger partial charge < -0.3 is 5.73 Å². The molecule has 0 aliphatic rings. The first-order chi connectivity index (χ1) is 5.63. The van der Waals surface area contributed by atoms with E-state index in [1.54, 1.807) is 12.3 Å². The number of rotatable bonds is 2. The summed E-state index contributed by atoms with van der Waals surface area (Å²) in [5.41, 5.74) is 6.14. The fourth-order valence-corrected chi connectivity index (χ4v) is 1.06. The van der Waals surface area contributed by atoms with E-state index in [0.29, 0.717) is 10.6 Å². The van der Waals surface area contributed by atoms with Crippen molar-refractivity contribution in [3.8, 4) is 0 Å². The molecule has 64 valence electrons. The molecule has 0 aromatic carbocycles. The summed E-state index contributed by atoms with van der Waals surface area (Å²) in [5, 5.41) is 0.479. The minimum atomic E-state index is -0.661. The van der Waals surface area contributed by atoms with Crippen molar-refractivity contribution in [3.63, 3.8) is 0 Å². The highest BCUT2D eigenvalue weighted by Gasteiger charge is 2.13. The normalized spacial score (nSPS) is 12.6. The van der Waals surface area contributed by atoms with Gasteiger partial charge in [-0.25, -0.2) is 0 Å². The largest absolute Gasteiger partial charge is 0.318 e. The lowest BCUT2D eigenvalue weighted by atomic mass is 10.1. The Morgan fingerprint density at radius 2 is 2.42 bits per heavy atom. The predicted molar refractivity (Wildman–Crippen MR) is 46.9 cm³/mol. The number of aromatic nitrogens is 1. The molecule has 1 aromatic heterocycles. The Morgan fingerprint density at radius 1 is 1.75 bits per heavy atom. The molecule has 1 aromatic rings. The van der Waals surface area contributed by atoms with Gasteiger partial charge in [0.05, 0.1) is 6.04 Å². The van der Waals surface area contributed by atoms with Crippen molar-refractivity contribution in [1.29, 1.82) is 0 Å². The maximum absolute atomic E-state index is 10.9. The van der Waals surface area contributed by atoms with Crippen molar-refractivity contribution in [2.75, 3.05) is 0 Å². The quantitative estimate of drug-likeness (QED) is 0.755. The van der Waals surface area contributed by atoms with Crippen LogP contribution in [0, 0.1) is 0 Å². The SMILES string of the molecule is CC(=O)C(N)c1cnccc1Cl. The molecule has 0 aliphatic heterocycles. The summed E-state index contributed by atoms with van der Waals surface area (Å²) in [6.07, 6.45) is 3.06. The molecule has 1 rings (SSSR count). The summed E-state index contributed by atoms with van der Waals surface area (Å²) in [7, 11) is 0. The predicted octanol–water partition coefficient (Wildman–Crippen LogP) is 1.32. The zero-order chi connectivity index (χ0) is 9.14. The minimum Gasteiger partial charge on any atom is -0.318 e. The number of hydrogen-bond acceptors (Lipinski definition) is 3. The highest BCUT2D eigenvalue weighted by molar-refractivity contribution is 6.31. The Morgan fingerprint density at radius 3 is 2.92 bits per heavy atom. The molecular formula is C8H9ClN2O. The maximum Gasteiger partial charge on any atom is 0.151 e. The van der Waals surface area contributed by atoms with E-state index < -0.39 is 6.04 Å². The molecule has 0 bridgehead atoms. The van der Waals surface area contributed by atoms with E-state index >= 15 is 0 Å². The van der Waals surface area contributed by atoms with Gasteiger partial charge in [0.25, 0.3) is 0 Å².